The second kappa shape index (κ2) is 9.13. The van der Waals surface area contributed by atoms with E-state index in [0.29, 0.717) is 27.2 Å². The topological polar surface area (TPSA) is 56.1 Å². The molecule has 1 aromatic heterocycles. The number of ether oxygens (including phenoxy) is 1. The van der Waals surface area contributed by atoms with Crippen LogP contribution in [0.3, 0.4) is 0 Å². The molecule has 1 unspecified atom stereocenters. The Kier molecular flexibility index (Phi) is 6.61. The number of nitrogens with zero attached hydrogens (tertiary/aromatic N) is 2. The van der Waals surface area contributed by atoms with Gasteiger partial charge in [-0.3, -0.25) is 5.32 Å². The van der Waals surface area contributed by atoms with Crippen LogP contribution in [0.15, 0.2) is 61.2 Å². The van der Waals surface area contributed by atoms with Gasteiger partial charge >= 0.3 is 6.09 Å². The zero-order chi connectivity index (χ0) is 19.2. The highest BCUT2D eigenvalue weighted by Gasteiger charge is 2.16. The molecule has 3 rings (SSSR count). The van der Waals surface area contributed by atoms with Gasteiger partial charge in [-0.25, -0.2) is 9.78 Å². The molecule has 5 nitrogen and oxygen atoms in total. The number of nitrogens with one attached hydrogen (secondary N) is 1. The zero-order valence-electron chi connectivity index (χ0n) is 14.1. The molecule has 0 saturated carbocycles. The van der Waals surface area contributed by atoms with Gasteiger partial charge in [0.15, 0.2) is 0 Å². The second-order valence-electron chi connectivity index (χ2n) is 5.83. The molecule has 3 aromatic rings. The Morgan fingerprint density at radius 3 is 2.52 bits per heavy atom. The molecule has 0 spiro atoms. The minimum absolute atomic E-state index is 0.148. The number of anilines is 1. The number of amides is 1. The largest absolute Gasteiger partial charge is 0.447 e. The van der Waals surface area contributed by atoms with E-state index in [4.69, 9.17) is 39.5 Å². The highest BCUT2D eigenvalue weighted by atomic mass is 35.5. The number of carbonyl (C=O) groups excluding carboxylic acids is 1. The Hall–Kier alpha value is -2.21. The molecule has 0 aliphatic carbocycles. The Morgan fingerprint density at radius 1 is 1.11 bits per heavy atom. The van der Waals surface area contributed by atoms with Crippen LogP contribution in [-0.2, 0) is 11.2 Å². The molecule has 8 heteroatoms. The van der Waals surface area contributed by atoms with Crippen molar-refractivity contribution < 1.29 is 9.53 Å². The van der Waals surface area contributed by atoms with Gasteiger partial charge in [-0.1, -0.05) is 40.9 Å². The molecule has 0 bridgehead atoms. The highest BCUT2D eigenvalue weighted by molar-refractivity contribution is 6.35. The number of halogens is 3. The summed E-state index contributed by atoms with van der Waals surface area (Å²) in [5, 5.41) is 4.39. The third-order valence-electron chi connectivity index (χ3n) is 3.91. The molecule has 27 heavy (non-hydrogen) atoms. The van der Waals surface area contributed by atoms with E-state index in [0.717, 1.165) is 5.56 Å². The van der Waals surface area contributed by atoms with Crippen molar-refractivity contribution in [3.63, 3.8) is 0 Å². The van der Waals surface area contributed by atoms with Gasteiger partial charge in [-0.2, -0.15) is 0 Å². The average Bonchev–Trinajstić information content (AvgIpc) is 3.17. The summed E-state index contributed by atoms with van der Waals surface area (Å²) in [5.74, 6) is 0. The van der Waals surface area contributed by atoms with E-state index in [9.17, 15) is 4.79 Å². The minimum atomic E-state index is -0.551. The van der Waals surface area contributed by atoms with E-state index in [1.54, 1.807) is 48.9 Å². The molecule has 1 heterocycles. The summed E-state index contributed by atoms with van der Waals surface area (Å²) in [5.41, 5.74) is 1.51. The summed E-state index contributed by atoms with van der Waals surface area (Å²) in [6.07, 6.45) is 5.17. The molecule has 0 saturated heterocycles. The Labute approximate surface area is 171 Å². The molecular formula is C19H16Cl3N3O2. The Bertz CT molecular complexity index is 899. The average molecular weight is 425 g/mol. The van der Waals surface area contributed by atoms with E-state index >= 15 is 0 Å². The van der Waals surface area contributed by atoms with Crippen LogP contribution in [0.4, 0.5) is 10.5 Å². The van der Waals surface area contributed by atoms with E-state index in [1.165, 1.54) is 0 Å². The lowest BCUT2D eigenvalue weighted by Gasteiger charge is -2.19. The maximum Gasteiger partial charge on any atom is 0.411 e. The van der Waals surface area contributed by atoms with Crippen LogP contribution in [0.5, 0.6) is 0 Å². The fourth-order valence-corrected chi connectivity index (χ4v) is 3.15. The number of hydrogen-bond acceptors (Lipinski definition) is 3. The van der Waals surface area contributed by atoms with Gasteiger partial charge in [0.1, 0.15) is 6.61 Å². The van der Waals surface area contributed by atoms with Crippen molar-refractivity contribution >= 4 is 46.6 Å². The molecule has 0 radical (unpaired) electrons. The van der Waals surface area contributed by atoms with E-state index in [2.05, 4.69) is 10.3 Å². The monoisotopic (exact) mass is 423 g/mol. The number of rotatable bonds is 6. The van der Waals surface area contributed by atoms with Crippen molar-refractivity contribution in [1.82, 2.24) is 9.55 Å². The van der Waals surface area contributed by atoms with Crippen LogP contribution in [-0.4, -0.2) is 22.3 Å². The van der Waals surface area contributed by atoms with Crippen molar-refractivity contribution in [2.75, 3.05) is 11.9 Å². The number of carbonyl (C=O) groups is 1. The first kappa shape index (κ1) is 19.5. The van der Waals surface area contributed by atoms with E-state index in [1.807, 2.05) is 16.8 Å². The fourth-order valence-electron chi connectivity index (χ4n) is 2.54. The van der Waals surface area contributed by atoms with Crippen molar-refractivity contribution in [1.29, 1.82) is 0 Å². The van der Waals surface area contributed by atoms with Crippen molar-refractivity contribution in [2.45, 2.75) is 12.5 Å². The number of hydrogen-bond donors (Lipinski definition) is 1. The quantitative estimate of drug-likeness (QED) is 0.538. The first-order valence-electron chi connectivity index (χ1n) is 8.12. The molecule has 1 amide bonds. The molecule has 2 aromatic carbocycles. The normalized spacial score (nSPS) is 11.8. The standard InChI is InChI=1S/C19H16Cl3N3O2/c20-14-3-5-16(6-4-14)24-19(26)27-11-17(25-8-7-23-12-25)9-13-1-2-15(21)10-18(13)22/h1-8,10,12,17H,9,11H2,(H,24,26). The van der Waals surface area contributed by atoms with Crippen LogP contribution in [0.25, 0.3) is 0 Å². The molecular weight excluding hydrogens is 409 g/mol. The van der Waals surface area contributed by atoms with Crippen molar-refractivity contribution in [3.8, 4) is 0 Å². The summed E-state index contributed by atoms with van der Waals surface area (Å²) in [6.45, 7) is 0.148. The zero-order valence-corrected chi connectivity index (χ0v) is 16.4. The van der Waals surface area contributed by atoms with Crippen LogP contribution in [0, 0.1) is 0 Å². The first-order chi connectivity index (χ1) is 13.0. The SMILES string of the molecule is O=C(Nc1ccc(Cl)cc1)OCC(Cc1ccc(Cl)cc1Cl)n1ccnc1. The Morgan fingerprint density at radius 2 is 1.85 bits per heavy atom. The Balaban J connectivity index is 1.65. The first-order valence-corrected chi connectivity index (χ1v) is 9.25. The third-order valence-corrected chi connectivity index (χ3v) is 4.75. The minimum Gasteiger partial charge on any atom is -0.447 e. The number of benzene rings is 2. The summed E-state index contributed by atoms with van der Waals surface area (Å²) >= 11 is 18.1. The van der Waals surface area contributed by atoms with E-state index < -0.39 is 6.09 Å². The smallest absolute Gasteiger partial charge is 0.411 e. The van der Waals surface area contributed by atoms with Crippen molar-refractivity contribution in [3.05, 3.63) is 81.8 Å². The predicted molar refractivity (Wildman–Crippen MR) is 108 cm³/mol. The summed E-state index contributed by atoms with van der Waals surface area (Å²) in [6, 6.07) is 11.9. The fraction of sp³-hybridized carbons (Fsp3) is 0.158. The molecule has 0 fully saturated rings. The summed E-state index contributed by atoms with van der Waals surface area (Å²) in [4.78, 5) is 16.2. The molecule has 1 atom stereocenters. The van der Waals surface area contributed by atoms with E-state index in [-0.39, 0.29) is 12.6 Å². The lowest BCUT2D eigenvalue weighted by Crippen LogP contribution is -2.22. The maximum absolute atomic E-state index is 12.1. The molecule has 0 aliphatic heterocycles. The second-order valence-corrected chi connectivity index (χ2v) is 7.11. The molecule has 1 N–H and O–H groups in total. The van der Waals surface area contributed by atoms with Crippen LogP contribution < -0.4 is 5.32 Å². The van der Waals surface area contributed by atoms with Gasteiger partial charge in [0.05, 0.1) is 12.4 Å². The lowest BCUT2D eigenvalue weighted by atomic mass is 10.1. The van der Waals surface area contributed by atoms with Gasteiger partial charge < -0.3 is 9.30 Å². The third kappa shape index (κ3) is 5.63. The summed E-state index contributed by atoms with van der Waals surface area (Å²) < 4.78 is 7.27. The van der Waals surface area contributed by atoms with Gasteiger partial charge in [0.25, 0.3) is 0 Å². The predicted octanol–water partition coefficient (Wildman–Crippen LogP) is 5.88. The molecule has 0 aliphatic rings. The van der Waals surface area contributed by atoms with Crippen LogP contribution in [0.2, 0.25) is 15.1 Å². The van der Waals surface area contributed by atoms with Crippen LogP contribution in [0.1, 0.15) is 11.6 Å². The van der Waals surface area contributed by atoms with Gasteiger partial charge in [-0.05, 0) is 48.4 Å². The van der Waals surface area contributed by atoms with Crippen LogP contribution >= 0.6 is 34.8 Å². The van der Waals surface area contributed by atoms with Gasteiger partial charge in [0.2, 0.25) is 0 Å². The lowest BCUT2D eigenvalue weighted by molar-refractivity contribution is 0.142. The van der Waals surface area contributed by atoms with Gasteiger partial charge in [-0.15, -0.1) is 0 Å². The number of aromatic nitrogens is 2. The maximum atomic E-state index is 12.1. The van der Waals surface area contributed by atoms with Crippen molar-refractivity contribution in [2.24, 2.45) is 0 Å². The summed E-state index contributed by atoms with van der Waals surface area (Å²) in [7, 11) is 0. The highest BCUT2D eigenvalue weighted by Crippen LogP contribution is 2.25. The molecule has 140 valence electrons. The number of imidazole rings is 1. The van der Waals surface area contributed by atoms with Gasteiger partial charge in [0, 0.05) is 33.1 Å².